The number of carbonyl (C=O) groups excluding carboxylic acids is 2. The van der Waals surface area contributed by atoms with Crippen LogP contribution in [0.3, 0.4) is 0 Å². The Bertz CT molecular complexity index is 1470. The number of hydrogen-bond donors (Lipinski definition) is 0. The van der Waals surface area contributed by atoms with Crippen molar-refractivity contribution in [3.8, 4) is 0 Å². The van der Waals surface area contributed by atoms with Gasteiger partial charge in [-0.25, -0.2) is 13.2 Å². The van der Waals surface area contributed by atoms with Gasteiger partial charge in [0.15, 0.2) is 4.80 Å². The second-order valence-corrected chi connectivity index (χ2v) is 12.7. The van der Waals surface area contributed by atoms with Crippen LogP contribution in [0.25, 0.3) is 10.2 Å². The van der Waals surface area contributed by atoms with Gasteiger partial charge in [0.25, 0.3) is 5.91 Å². The third-order valence-electron chi connectivity index (χ3n) is 5.58. The fourth-order valence-electron chi connectivity index (χ4n) is 3.96. The summed E-state index contributed by atoms with van der Waals surface area (Å²) in [5, 5.41) is 0. The van der Waals surface area contributed by atoms with E-state index in [1.165, 1.54) is 39.9 Å². The topological polar surface area (TPSA) is 98.0 Å². The van der Waals surface area contributed by atoms with Crippen molar-refractivity contribution < 1.29 is 22.7 Å². The predicted molar refractivity (Wildman–Crippen MR) is 151 cm³/mol. The molecule has 0 aliphatic carbocycles. The van der Waals surface area contributed by atoms with Gasteiger partial charge in [0.1, 0.15) is 0 Å². The molecule has 0 fully saturated rings. The van der Waals surface area contributed by atoms with Gasteiger partial charge in [-0.3, -0.25) is 4.79 Å². The van der Waals surface area contributed by atoms with Crippen molar-refractivity contribution in [1.29, 1.82) is 0 Å². The van der Waals surface area contributed by atoms with Gasteiger partial charge in [-0.2, -0.15) is 9.30 Å². The molecule has 8 nitrogen and oxygen atoms in total. The first-order valence-electron chi connectivity index (χ1n) is 12.6. The lowest BCUT2D eigenvalue weighted by Crippen LogP contribution is -2.37. The van der Waals surface area contributed by atoms with Crippen LogP contribution in [0, 0.1) is 11.8 Å². The normalized spacial score (nSPS) is 12.6. The van der Waals surface area contributed by atoms with Crippen molar-refractivity contribution in [2.24, 2.45) is 16.8 Å². The Balaban J connectivity index is 1.96. The van der Waals surface area contributed by atoms with Crippen molar-refractivity contribution >= 4 is 43.5 Å². The maximum atomic E-state index is 13.3. The fourth-order valence-corrected chi connectivity index (χ4v) is 6.80. The van der Waals surface area contributed by atoms with E-state index in [1.807, 2.05) is 32.3 Å². The first-order valence-corrected chi connectivity index (χ1v) is 14.8. The number of hydrogen-bond acceptors (Lipinski definition) is 6. The molecule has 204 valence electrons. The van der Waals surface area contributed by atoms with Gasteiger partial charge in [-0.15, -0.1) is 6.58 Å². The van der Waals surface area contributed by atoms with Gasteiger partial charge in [-0.1, -0.05) is 45.1 Å². The van der Waals surface area contributed by atoms with Crippen LogP contribution in [0.4, 0.5) is 0 Å². The van der Waals surface area contributed by atoms with E-state index in [-0.39, 0.29) is 28.9 Å². The highest BCUT2D eigenvalue weighted by Gasteiger charge is 2.26. The minimum atomic E-state index is -3.70. The van der Waals surface area contributed by atoms with Crippen LogP contribution >= 0.6 is 11.3 Å². The van der Waals surface area contributed by atoms with Crippen LogP contribution in [-0.2, 0) is 21.3 Å². The molecule has 10 heteroatoms. The van der Waals surface area contributed by atoms with E-state index in [9.17, 15) is 18.0 Å². The largest absolute Gasteiger partial charge is 0.462 e. The quantitative estimate of drug-likeness (QED) is 0.241. The smallest absolute Gasteiger partial charge is 0.338 e. The molecule has 0 atom stereocenters. The molecule has 38 heavy (non-hydrogen) atoms. The number of esters is 1. The van der Waals surface area contributed by atoms with Gasteiger partial charge in [0, 0.05) is 25.2 Å². The Labute approximate surface area is 228 Å². The van der Waals surface area contributed by atoms with Crippen LogP contribution in [0.2, 0.25) is 0 Å². The van der Waals surface area contributed by atoms with Gasteiger partial charge in [-0.05, 0) is 61.2 Å². The average Bonchev–Trinajstić information content (AvgIpc) is 3.19. The number of aromatic nitrogens is 1. The first-order chi connectivity index (χ1) is 18.0. The molecule has 2 aromatic carbocycles. The molecule has 0 saturated heterocycles. The fraction of sp³-hybridized carbons (Fsp3) is 0.393. The summed E-state index contributed by atoms with van der Waals surface area (Å²) in [4.78, 5) is 30.1. The zero-order valence-electron chi connectivity index (χ0n) is 22.5. The van der Waals surface area contributed by atoms with E-state index in [1.54, 1.807) is 31.2 Å². The minimum Gasteiger partial charge on any atom is -0.462 e. The van der Waals surface area contributed by atoms with Gasteiger partial charge in [0.2, 0.25) is 10.0 Å². The van der Waals surface area contributed by atoms with Crippen LogP contribution in [0.5, 0.6) is 0 Å². The maximum absolute atomic E-state index is 13.3. The standard InChI is InChI=1S/C28H35N3O5S2/c1-7-15-31-24-14-11-22(27(33)36-8-2)16-25(24)37-28(31)29-26(32)21-9-12-23(13-10-21)38(34,35)30(17-19(3)4)18-20(5)6/h7,9-14,16,19-20H,1,8,15,17-18H2,2-6H3. The molecule has 0 N–H and O–H groups in total. The summed E-state index contributed by atoms with van der Waals surface area (Å²) in [5.41, 5.74) is 1.51. The van der Waals surface area contributed by atoms with Gasteiger partial charge >= 0.3 is 5.97 Å². The number of carbonyl (C=O) groups is 2. The Kier molecular flexibility index (Phi) is 9.81. The van der Waals surface area contributed by atoms with Crippen LogP contribution < -0.4 is 4.80 Å². The van der Waals surface area contributed by atoms with Crippen LogP contribution in [0.1, 0.15) is 55.3 Å². The number of amides is 1. The summed E-state index contributed by atoms with van der Waals surface area (Å²) in [6.45, 7) is 15.0. The van der Waals surface area contributed by atoms with E-state index in [2.05, 4.69) is 11.6 Å². The lowest BCUT2D eigenvalue weighted by atomic mass is 10.2. The molecule has 0 spiro atoms. The number of sulfonamides is 1. The number of rotatable bonds is 11. The number of fused-ring (bicyclic) bond motifs is 1. The number of benzene rings is 2. The summed E-state index contributed by atoms with van der Waals surface area (Å²) >= 11 is 1.28. The molecular formula is C28H35N3O5S2. The number of ether oxygens (including phenoxy) is 1. The minimum absolute atomic E-state index is 0.144. The molecule has 1 aromatic heterocycles. The highest BCUT2D eigenvalue weighted by molar-refractivity contribution is 7.89. The highest BCUT2D eigenvalue weighted by atomic mass is 32.2. The van der Waals surface area contributed by atoms with E-state index >= 15 is 0 Å². The van der Waals surface area contributed by atoms with Crippen molar-refractivity contribution in [3.05, 3.63) is 71.0 Å². The number of nitrogens with zero attached hydrogens (tertiary/aromatic N) is 3. The SMILES string of the molecule is C=CCn1c(=NC(=O)c2ccc(S(=O)(=O)N(CC(C)C)CC(C)C)cc2)sc2cc(C(=O)OCC)ccc21. The Hall–Kier alpha value is -3.08. The summed E-state index contributed by atoms with van der Waals surface area (Å²) in [7, 11) is -3.70. The second kappa shape index (κ2) is 12.6. The van der Waals surface area contributed by atoms with E-state index in [0.717, 1.165) is 10.2 Å². The highest BCUT2D eigenvalue weighted by Crippen LogP contribution is 2.22. The molecule has 3 aromatic rings. The van der Waals surface area contributed by atoms with Gasteiger partial charge in [0.05, 0.1) is 27.3 Å². The zero-order chi connectivity index (χ0) is 28.0. The lowest BCUT2D eigenvalue weighted by molar-refractivity contribution is 0.0526. The summed E-state index contributed by atoms with van der Waals surface area (Å²) < 4.78 is 35.8. The second-order valence-electron chi connectivity index (χ2n) is 9.74. The first kappa shape index (κ1) is 29.5. The maximum Gasteiger partial charge on any atom is 0.338 e. The van der Waals surface area contributed by atoms with Gasteiger partial charge < -0.3 is 9.30 Å². The molecule has 1 amide bonds. The van der Waals surface area contributed by atoms with Crippen LogP contribution in [-0.4, -0.2) is 48.9 Å². The molecular weight excluding hydrogens is 522 g/mol. The van der Waals surface area contributed by atoms with Crippen molar-refractivity contribution in [2.45, 2.75) is 46.1 Å². The zero-order valence-corrected chi connectivity index (χ0v) is 24.1. The van der Waals surface area contributed by atoms with Crippen molar-refractivity contribution in [1.82, 2.24) is 8.87 Å². The van der Waals surface area contributed by atoms with E-state index in [0.29, 0.717) is 30.0 Å². The molecule has 0 aliphatic heterocycles. The third kappa shape index (κ3) is 6.86. The lowest BCUT2D eigenvalue weighted by Gasteiger charge is -2.25. The molecule has 0 radical (unpaired) electrons. The van der Waals surface area contributed by atoms with Crippen molar-refractivity contribution in [2.75, 3.05) is 19.7 Å². The van der Waals surface area contributed by atoms with E-state index in [4.69, 9.17) is 4.74 Å². The Morgan fingerprint density at radius 1 is 1.05 bits per heavy atom. The average molecular weight is 558 g/mol. The Morgan fingerprint density at radius 2 is 1.66 bits per heavy atom. The van der Waals surface area contributed by atoms with Crippen LogP contribution in [0.15, 0.2) is 65.0 Å². The number of thiazole rings is 1. The molecule has 0 aliphatic rings. The third-order valence-corrected chi connectivity index (χ3v) is 8.47. The monoisotopic (exact) mass is 557 g/mol. The molecule has 0 saturated carbocycles. The summed E-state index contributed by atoms with van der Waals surface area (Å²) in [6, 6.07) is 11.1. The van der Waals surface area contributed by atoms with E-state index < -0.39 is 21.9 Å². The Morgan fingerprint density at radius 3 is 2.21 bits per heavy atom. The molecule has 3 rings (SSSR count). The summed E-state index contributed by atoms with van der Waals surface area (Å²) in [6.07, 6.45) is 1.70. The molecule has 1 heterocycles. The molecule has 0 unspecified atom stereocenters. The molecule has 0 bridgehead atoms. The van der Waals surface area contributed by atoms with Crippen molar-refractivity contribution in [3.63, 3.8) is 0 Å². The predicted octanol–water partition coefficient (Wildman–Crippen LogP) is 5.11. The summed E-state index contributed by atoms with van der Waals surface area (Å²) in [5.74, 6) is -0.548. The number of allylic oxidation sites excluding steroid dienone is 1.